The molecule has 0 aliphatic heterocycles. The quantitative estimate of drug-likeness (QED) is 0.638. The van der Waals surface area contributed by atoms with Gasteiger partial charge in [0.2, 0.25) is 5.91 Å². The third-order valence-corrected chi connectivity index (χ3v) is 5.01. The molecular formula is C21H22N2O2S. The minimum absolute atomic E-state index is 0.0166. The molecule has 0 aliphatic carbocycles. The van der Waals surface area contributed by atoms with E-state index in [-0.39, 0.29) is 18.5 Å². The maximum absolute atomic E-state index is 12.2. The predicted octanol–water partition coefficient (Wildman–Crippen LogP) is 3.75. The Hall–Kier alpha value is -2.63. The first kappa shape index (κ1) is 18.2. The van der Waals surface area contributed by atoms with Crippen LogP contribution in [0.5, 0.6) is 5.75 Å². The maximum atomic E-state index is 12.2. The fourth-order valence-corrected chi connectivity index (χ4v) is 3.51. The molecular weight excluding hydrogens is 344 g/mol. The second-order valence-electron chi connectivity index (χ2n) is 5.86. The third-order valence-electron chi connectivity index (χ3n) is 4.08. The van der Waals surface area contributed by atoms with Crippen LogP contribution >= 0.6 is 11.3 Å². The summed E-state index contributed by atoms with van der Waals surface area (Å²) in [5.74, 6) is 0.779. The number of ether oxygens (including phenoxy) is 1. The molecule has 0 aliphatic rings. The van der Waals surface area contributed by atoms with Crippen LogP contribution in [0, 0.1) is 0 Å². The summed E-state index contributed by atoms with van der Waals surface area (Å²) in [5, 5.41) is 8.37. The zero-order valence-corrected chi connectivity index (χ0v) is 15.5. The zero-order chi connectivity index (χ0) is 18.2. The number of methoxy groups -OCH3 is 1. The minimum Gasteiger partial charge on any atom is -0.497 e. The van der Waals surface area contributed by atoms with Gasteiger partial charge in [-0.05, 0) is 34.7 Å². The Morgan fingerprint density at radius 3 is 2.46 bits per heavy atom. The summed E-state index contributed by atoms with van der Waals surface area (Å²) in [6, 6.07) is 22.0. The molecule has 1 amide bonds. The average Bonchev–Trinajstić information content (AvgIpc) is 3.22. The van der Waals surface area contributed by atoms with Crippen molar-refractivity contribution in [2.45, 2.75) is 12.6 Å². The average molecular weight is 366 g/mol. The number of thiophene rings is 1. The molecule has 1 heterocycles. The summed E-state index contributed by atoms with van der Waals surface area (Å²) in [5.41, 5.74) is 2.19. The van der Waals surface area contributed by atoms with Gasteiger partial charge in [-0.1, -0.05) is 48.5 Å². The van der Waals surface area contributed by atoms with Gasteiger partial charge in [-0.2, -0.15) is 0 Å². The first-order chi connectivity index (χ1) is 12.8. The van der Waals surface area contributed by atoms with E-state index in [9.17, 15) is 4.79 Å². The van der Waals surface area contributed by atoms with Crippen molar-refractivity contribution in [3.63, 3.8) is 0 Å². The van der Waals surface area contributed by atoms with Gasteiger partial charge in [0.15, 0.2) is 0 Å². The van der Waals surface area contributed by atoms with Crippen LogP contribution in [0.3, 0.4) is 0 Å². The number of nitrogens with one attached hydrogen (secondary N) is 2. The first-order valence-corrected chi connectivity index (χ1v) is 9.35. The van der Waals surface area contributed by atoms with Crippen LogP contribution in [0.25, 0.3) is 0 Å². The predicted molar refractivity (Wildman–Crippen MR) is 105 cm³/mol. The van der Waals surface area contributed by atoms with Crippen LogP contribution in [0.4, 0.5) is 0 Å². The summed E-state index contributed by atoms with van der Waals surface area (Å²) in [6.45, 7) is 0.757. The largest absolute Gasteiger partial charge is 0.497 e. The molecule has 5 heteroatoms. The lowest BCUT2D eigenvalue weighted by atomic mass is 10.1. The monoisotopic (exact) mass is 366 g/mol. The Morgan fingerprint density at radius 1 is 1.04 bits per heavy atom. The molecule has 0 saturated carbocycles. The van der Waals surface area contributed by atoms with Gasteiger partial charge in [0.25, 0.3) is 0 Å². The van der Waals surface area contributed by atoms with Gasteiger partial charge >= 0.3 is 0 Å². The number of hydrogen-bond acceptors (Lipinski definition) is 4. The van der Waals surface area contributed by atoms with Gasteiger partial charge in [-0.25, -0.2) is 0 Å². The Bertz CT molecular complexity index is 802. The van der Waals surface area contributed by atoms with Crippen molar-refractivity contribution in [1.82, 2.24) is 10.6 Å². The standard InChI is InChI=1S/C21H22N2O2S/c1-25-18-11-9-16(10-12-18)14-22-20(24)15-23-21(19-8-5-13-26-19)17-6-3-2-4-7-17/h2-13,21,23H,14-15H2,1H3,(H,22,24)/t21-/m1/s1. The second-order valence-corrected chi connectivity index (χ2v) is 6.84. The van der Waals surface area contributed by atoms with Crippen molar-refractivity contribution in [2.75, 3.05) is 13.7 Å². The Balaban J connectivity index is 1.55. The van der Waals surface area contributed by atoms with Crippen LogP contribution in [0.2, 0.25) is 0 Å². The van der Waals surface area contributed by atoms with Crippen molar-refractivity contribution in [3.8, 4) is 5.75 Å². The van der Waals surface area contributed by atoms with Gasteiger partial charge < -0.3 is 10.1 Å². The Labute approximate surface area is 157 Å². The number of amides is 1. The number of benzene rings is 2. The molecule has 1 atom stereocenters. The SMILES string of the molecule is COc1ccc(CNC(=O)CN[C@H](c2ccccc2)c2cccs2)cc1. The number of carbonyl (C=O) groups excluding carboxylic acids is 1. The molecule has 26 heavy (non-hydrogen) atoms. The van der Waals surface area contributed by atoms with E-state index in [2.05, 4.69) is 34.2 Å². The molecule has 4 nitrogen and oxygen atoms in total. The van der Waals surface area contributed by atoms with Gasteiger partial charge in [0.05, 0.1) is 19.7 Å². The van der Waals surface area contributed by atoms with Gasteiger partial charge in [0.1, 0.15) is 5.75 Å². The summed E-state index contributed by atoms with van der Waals surface area (Å²) >= 11 is 1.69. The second kappa shape index (κ2) is 9.17. The molecule has 2 N–H and O–H groups in total. The minimum atomic E-state index is -0.0293. The van der Waals surface area contributed by atoms with E-state index in [0.29, 0.717) is 6.54 Å². The number of carbonyl (C=O) groups is 1. The molecule has 0 unspecified atom stereocenters. The first-order valence-electron chi connectivity index (χ1n) is 8.47. The number of rotatable bonds is 8. The molecule has 134 valence electrons. The zero-order valence-electron chi connectivity index (χ0n) is 14.6. The molecule has 3 rings (SSSR count). The fraction of sp³-hybridized carbons (Fsp3) is 0.190. The highest BCUT2D eigenvalue weighted by Crippen LogP contribution is 2.25. The molecule has 0 spiro atoms. The van der Waals surface area contributed by atoms with E-state index < -0.39 is 0 Å². The van der Waals surface area contributed by atoms with Crippen LogP contribution in [0.1, 0.15) is 22.0 Å². The highest BCUT2D eigenvalue weighted by molar-refractivity contribution is 7.10. The normalized spacial score (nSPS) is 11.7. The van der Waals surface area contributed by atoms with E-state index in [1.807, 2.05) is 48.5 Å². The van der Waals surface area contributed by atoms with Gasteiger partial charge in [-0.3, -0.25) is 10.1 Å². The van der Waals surface area contributed by atoms with E-state index in [4.69, 9.17) is 4.74 Å². The molecule has 0 fully saturated rings. The summed E-state index contributed by atoms with van der Waals surface area (Å²) in [7, 11) is 1.64. The van der Waals surface area contributed by atoms with E-state index in [1.165, 1.54) is 4.88 Å². The molecule has 0 bridgehead atoms. The van der Waals surface area contributed by atoms with Crippen molar-refractivity contribution >= 4 is 17.2 Å². The van der Waals surface area contributed by atoms with Gasteiger partial charge in [0, 0.05) is 11.4 Å². The van der Waals surface area contributed by atoms with Crippen molar-refractivity contribution in [3.05, 3.63) is 88.1 Å². The van der Waals surface area contributed by atoms with Crippen LogP contribution < -0.4 is 15.4 Å². The van der Waals surface area contributed by atoms with Crippen molar-refractivity contribution in [1.29, 1.82) is 0 Å². The fourth-order valence-electron chi connectivity index (χ4n) is 2.69. The van der Waals surface area contributed by atoms with E-state index in [1.54, 1.807) is 18.4 Å². The number of hydrogen-bond donors (Lipinski definition) is 2. The smallest absolute Gasteiger partial charge is 0.234 e. The van der Waals surface area contributed by atoms with Gasteiger partial charge in [-0.15, -0.1) is 11.3 Å². The summed E-state index contributed by atoms with van der Waals surface area (Å²) in [6.07, 6.45) is 0. The summed E-state index contributed by atoms with van der Waals surface area (Å²) in [4.78, 5) is 13.4. The molecule has 0 saturated heterocycles. The van der Waals surface area contributed by atoms with E-state index in [0.717, 1.165) is 16.9 Å². The van der Waals surface area contributed by atoms with Crippen LogP contribution in [0.15, 0.2) is 72.1 Å². The molecule has 3 aromatic rings. The topological polar surface area (TPSA) is 50.4 Å². The lowest BCUT2D eigenvalue weighted by Crippen LogP contribution is -2.35. The van der Waals surface area contributed by atoms with Crippen LogP contribution in [-0.4, -0.2) is 19.6 Å². The molecule has 2 aromatic carbocycles. The summed E-state index contributed by atoms with van der Waals surface area (Å²) < 4.78 is 5.14. The van der Waals surface area contributed by atoms with Crippen molar-refractivity contribution in [2.24, 2.45) is 0 Å². The highest BCUT2D eigenvalue weighted by atomic mass is 32.1. The maximum Gasteiger partial charge on any atom is 0.234 e. The molecule has 1 aromatic heterocycles. The van der Waals surface area contributed by atoms with E-state index >= 15 is 0 Å². The van der Waals surface area contributed by atoms with Crippen LogP contribution in [-0.2, 0) is 11.3 Å². The third kappa shape index (κ3) is 4.94. The Kier molecular flexibility index (Phi) is 6.41. The Morgan fingerprint density at radius 2 is 1.81 bits per heavy atom. The highest BCUT2D eigenvalue weighted by Gasteiger charge is 2.15. The lowest BCUT2D eigenvalue weighted by Gasteiger charge is -2.18. The van der Waals surface area contributed by atoms with Crippen molar-refractivity contribution < 1.29 is 9.53 Å². The lowest BCUT2D eigenvalue weighted by molar-refractivity contribution is -0.120. The molecule has 0 radical (unpaired) electrons.